The zero-order valence-electron chi connectivity index (χ0n) is 23.6. The molecule has 2 bridgehead atoms. The van der Waals surface area contributed by atoms with Gasteiger partial charge in [0.15, 0.2) is 41.3 Å². The molecule has 20 nitrogen and oxygen atoms in total. The highest BCUT2D eigenvalue weighted by Crippen LogP contribution is 2.58. The molecule has 0 aromatic carbocycles. The Morgan fingerprint density at radius 2 is 1.76 bits per heavy atom. The molecule has 4 aromatic heterocycles. The fraction of sp³-hybridized carbons (Fsp3) is 0.545. The van der Waals surface area contributed by atoms with Gasteiger partial charge in [-0.15, -0.1) is 0 Å². The number of fused-ring (bicyclic) bond motifs is 5. The summed E-state index contributed by atoms with van der Waals surface area (Å²) in [6.45, 7) is -4.85. The van der Waals surface area contributed by atoms with Crippen molar-refractivity contribution >= 4 is 60.7 Å². The summed E-state index contributed by atoms with van der Waals surface area (Å²) in [5.41, 5.74) is 11.2. The number of rotatable bonds is 3. The Morgan fingerprint density at radius 3 is 2.52 bits per heavy atom. The van der Waals surface area contributed by atoms with Crippen molar-refractivity contribution in [2.24, 2.45) is 0 Å². The number of alkyl halides is 1. The van der Waals surface area contributed by atoms with Crippen molar-refractivity contribution in [3.63, 3.8) is 0 Å². The normalized spacial score (nSPS) is 37.1. The van der Waals surface area contributed by atoms with Gasteiger partial charge in [-0.25, -0.2) is 28.9 Å². The van der Waals surface area contributed by atoms with Gasteiger partial charge in [0.05, 0.1) is 31.5 Å². The number of nitrogens with two attached hydrogens (primary N) is 2. The van der Waals surface area contributed by atoms with Gasteiger partial charge in [0.1, 0.15) is 36.3 Å². The highest BCUT2D eigenvalue weighted by Gasteiger charge is 2.54. The fourth-order valence-corrected chi connectivity index (χ4v) is 8.58. The second-order valence-electron chi connectivity index (χ2n) is 10.7. The van der Waals surface area contributed by atoms with Gasteiger partial charge in [-0.1, -0.05) is 12.2 Å². The van der Waals surface area contributed by atoms with Gasteiger partial charge in [0, 0.05) is 7.11 Å². The Balaban J connectivity index is 1.22. The zero-order chi connectivity index (χ0) is 32.5. The smallest absolute Gasteiger partial charge is 0.382 e. The van der Waals surface area contributed by atoms with Gasteiger partial charge >= 0.3 is 14.4 Å². The topological polar surface area (TPSA) is 269 Å². The molecule has 3 aliphatic rings. The molecule has 3 saturated heterocycles. The monoisotopic (exact) mass is 704 g/mol. The Kier molecular flexibility index (Phi) is 7.95. The van der Waals surface area contributed by atoms with Gasteiger partial charge in [-0.2, -0.15) is 4.98 Å². The predicted molar refractivity (Wildman–Crippen MR) is 157 cm³/mol. The Labute approximate surface area is 262 Å². The lowest BCUT2D eigenvalue weighted by Gasteiger charge is -2.26. The van der Waals surface area contributed by atoms with Crippen molar-refractivity contribution < 1.29 is 46.2 Å². The van der Waals surface area contributed by atoms with Gasteiger partial charge < -0.3 is 30.6 Å². The van der Waals surface area contributed by atoms with E-state index in [1.165, 1.54) is 35.2 Å². The van der Waals surface area contributed by atoms with Gasteiger partial charge in [-0.05, 0) is 6.42 Å². The molecule has 46 heavy (non-hydrogen) atoms. The zero-order valence-corrected chi connectivity index (χ0v) is 26.3. The molecule has 248 valence electrons. The first-order chi connectivity index (χ1) is 21.9. The van der Waals surface area contributed by atoms with E-state index in [9.17, 15) is 18.8 Å². The van der Waals surface area contributed by atoms with E-state index in [2.05, 4.69) is 42.2 Å². The van der Waals surface area contributed by atoms with Crippen LogP contribution < -0.4 is 17.0 Å². The first kappa shape index (κ1) is 31.6. The lowest BCUT2D eigenvalue weighted by molar-refractivity contribution is -0.0524. The van der Waals surface area contributed by atoms with Crippen LogP contribution in [0.5, 0.6) is 0 Å². The number of nitrogens with zero attached hydrogens (tertiary/aromatic N) is 7. The second kappa shape index (κ2) is 11.6. The third kappa shape index (κ3) is 5.51. The first-order valence-electron chi connectivity index (χ1n) is 13.6. The standard InChI is InChI=1S/C22H27FN10O10P2S/c1-38-14-9-4-39-45(37,46)43-13-8(40-20(10(13)23)32-6-28-11-16(24)26-5-27-17(11)32)2-3-44(35,36)42-15(14)21(41-9)33-7-29-12-18(33)30-22(25)31-19(12)34/h5-10,13-15,20-21H,2-4H2,1H3,(H,35,36)(H,37,46)(H2,24,26,27)(H3,25,30,31,34)/t8?,9?,10?,13?,14?,15?,20?,21?,45-/m1/s1. The van der Waals surface area contributed by atoms with E-state index in [1.54, 1.807) is 0 Å². The molecular formula is C22H27FN10O10P2S. The number of imidazole rings is 2. The van der Waals surface area contributed by atoms with Crippen LogP contribution in [0.4, 0.5) is 16.2 Å². The molecule has 0 saturated carbocycles. The van der Waals surface area contributed by atoms with Crippen molar-refractivity contribution in [3.05, 3.63) is 29.3 Å². The number of halogens is 1. The molecule has 0 radical (unpaired) electrons. The summed E-state index contributed by atoms with van der Waals surface area (Å²) in [6, 6.07) is 0. The van der Waals surface area contributed by atoms with Crippen LogP contribution in [0.15, 0.2) is 23.8 Å². The Bertz CT molecular complexity index is 1960. The average Bonchev–Trinajstić information content (AvgIpc) is 3.75. The summed E-state index contributed by atoms with van der Waals surface area (Å²) < 4.78 is 80.2. The maximum atomic E-state index is 16.1. The molecular weight excluding hydrogens is 677 g/mol. The van der Waals surface area contributed by atoms with Crippen LogP contribution in [0.2, 0.25) is 0 Å². The lowest BCUT2D eigenvalue weighted by Crippen LogP contribution is -2.37. The van der Waals surface area contributed by atoms with Crippen LogP contribution in [0, 0.1) is 0 Å². The summed E-state index contributed by atoms with van der Waals surface area (Å²) in [7, 11) is -3.24. The largest absolute Gasteiger partial charge is 0.386 e. The van der Waals surface area contributed by atoms with Crippen LogP contribution in [0.25, 0.3) is 22.3 Å². The molecule has 24 heteroatoms. The minimum atomic E-state index is -4.54. The molecule has 6 N–H and O–H groups in total. The summed E-state index contributed by atoms with van der Waals surface area (Å²) in [4.78, 5) is 46.1. The van der Waals surface area contributed by atoms with Crippen molar-refractivity contribution in [2.45, 2.75) is 55.6 Å². The van der Waals surface area contributed by atoms with Crippen molar-refractivity contribution in [1.82, 2.24) is 39.0 Å². The molecule has 0 amide bonds. The number of anilines is 2. The molecule has 0 spiro atoms. The summed E-state index contributed by atoms with van der Waals surface area (Å²) in [6.07, 6.45) is -8.18. The summed E-state index contributed by atoms with van der Waals surface area (Å²) >= 11 is 4.07. The Hall–Kier alpha value is -3.04. The van der Waals surface area contributed by atoms with Gasteiger partial charge in [0.25, 0.3) is 5.56 Å². The van der Waals surface area contributed by atoms with Crippen molar-refractivity contribution in [1.29, 1.82) is 0 Å². The third-order valence-electron chi connectivity index (χ3n) is 7.85. The molecule has 3 fully saturated rings. The quantitative estimate of drug-likeness (QED) is 0.145. The number of ether oxygens (including phenoxy) is 3. The first-order valence-corrected chi connectivity index (χ1v) is 18.1. The van der Waals surface area contributed by atoms with Crippen LogP contribution >= 0.6 is 26.6 Å². The van der Waals surface area contributed by atoms with Gasteiger partial charge in [0.2, 0.25) is 5.95 Å². The number of methoxy groups -OCH3 is 1. The molecule has 10 atom stereocenters. The maximum absolute atomic E-state index is 16.1. The van der Waals surface area contributed by atoms with E-state index >= 15 is 4.39 Å². The SMILES string of the molecule is COC1C2CO[P@@](=O)(S)OC3C(CCP(=O)(O)OC1C(n1cnc4c(=O)[nH]c(N)nc41)O2)OC(n1cnc2c(N)ncnc21)C3F. The number of nitrogens with one attached hydrogen (secondary N) is 1. The van der Waals surface area contributed by atoms with Crippen LogP contribution in [0.1, 0.15) is 18.9 Å². The Morgan fingerprint density at radius 1 is 1.04 bits per heavy atom. The highest BCUT2D eigenvalue weighted by atomic mass is 32.7. The number of aromatic amines is 1. The molecule has 3 aliphatic heterocycles. The number of nitrogen functional groups attached to an aromatic ring is 2. The molecule has 4 aromatic rings. The third-order valence-corrected chi connectivity index (χ3v) is 10.9. The molecule has 0 aliphatic carbocycles. The minimum absolute atomic E-state index is 0.00496. The number of hydrogen-bond acceptors (Lipinski definition) is 16. The van der Waals surface area contributed by atoms with E-state index in [-0.39, 0.29) is 40.5 Å². The van der Waals surface area contributed by atoms with Crippen molar-refractivity contribution in [2.75, 3.05) is 31.3 Å². The van der Waals surface area contributed by atoms with Crippen LogP contribution in [0.3, 0.4) is 0 Å². The fourth-order valence-electron chi connectivity index (χ4n) is 5.81. The van der Waals surface area contributed by atoms with E-state index < -0.39 is 81.9 Å². The summed E-state index contributed by atoms with van der Waals surface area (Å²) in [5, 5.41) is 0. The second-order valence-corrected chi connectivity index (χ2v) is 15.5. The van der Waals surface area contributed by atoms with Gasteiger partial charge in [-0.3, -0.25) is 37.0 Å². The number of hydrogen-bond donors (Lipinski definition) is 5. The average molecular weight is 705 g/mol. The van der Waals surface area contributed by atoms with E-state index in [1.807, 2.05) is 0 Å². The van der Waals surface area contributed by atoms with Crippen LogP contribution in [-0.4, -0.2) is 101 Å². The lowest BCUT2D eigenvalue weighted by atomic mass is 10.1. The predicted octanol–water partition coefficient (Wildman–Crippen LogP) is 0.686. The number of H-pyrrole nitrogens is 1. The summed E-state index contributed by atoms with van der Waals surface area (Å²) in [5.74, 6) is -0.155. The van der Waals surface area contributed by atoms with E-state index in [0.29, 0.717) is 0 Å². The number of thiol groups is 1. The van der Waals surface area contributed by atoms with E-state index in [4.69, 9.17) is 39.2 Å². The van der Waals surface area contributed by atoms with Crippen molar-refractivity contribution in [3.8, 4) is 0 Å². The highest BCUT2D eigenvalue weighted by molar-refractivity contribution is 8.44. The molecule has 7 heterocycles. The van der Waals surface area contributed by atoms with E-state index in [0.717, 1.165) is 0 Å². The molecule has 7 rings (SSSR count). The van der Waals surface area contributed by atoms with Crippen LogP contribution in [-0.2, 0) is 36.9 Å². The maximum Gasteiger partial charge on any atom is 0.386 e. The number of aromatic nitrogens is 8. The molecule has 9 unspecified atom stereocenters. The minimum Gasteiger partial charge on any atom is -0.382 e.